The summed E-state index contributed by atoms with van der Waals surface area (Å²) in [4.78, 5) is 21.3. The molecule has 0 aliphatic rings. The van der Waals surface area contributed by atoms with Crippen LogP contribution in [0.1, 0.15) is 11.1 Å². The molecule has 0 saturated heterocycles. The Hall–Kier alpha value is -3.54. The number of benzene rings is 2. The van der Waals surface area contributed by atoms with Gasteiger partial charge in [-0.05, 0) is 18.6 Å². The third-order valence-electron chi connectivity index (χ3n) is 4.40. The zero-order valence-corrected chi connectivity index (χ0v) is 15.1. The topological polar surface area (TPSA) is 69.9 Å². The Kier molecular flexibility index (Phi) is 4.38. The van der Waals surface area contributed by atoms with Crippen LogP contribution < -0.4 is 10.3 Å². The second-order valence-corrected chi connectivity index (χ2v) is 6.30. The third-order valence-corrected chi connectivity index (χ3v) is 4.40. The molecular weight excluding hydrogens is 340 g/mol. The van der Waals surface area contributed by atoms with Gasteiger partial charge < -0.3 is 4.74 Å². The van der Waals surface area contributed by atoms with Gasteiger partial charge in [0.15, 0.2) is 0 Å². The van der Waals surface area contributed by atoms with Gasteiger partial charge in [-0.2, -0.15) is 5.10 Å². The van der Waals surface area contributed by atoms with E-state index >= 15 is 0 Å². The van der Waals surface area contributed by atoms with Gasteiger partial charge in [0, 0.05) is 23.3 Å². The Morgan fingerprint density at radius 2 is 1.63 bits per heavy atom. The number of rotatable bonds is 4. The number of aromatic nitrogens is 4. The van der Waals surface area contributed by atoms with Crippen molar-refractivity contribution in [1.82, 2.24) is 19.7 Å². The molecule has 2 aromatic heterocycles. The lowest BCUT2D eigenvalue weighted by molar-refractivity contribution is 0.380. The van der Waals surface area contributed by atoms with Crippen LogP contribution in [-0.4, -0.2) is 26.9 Å². The molecule has 0 N–H and O–H groups in total. The van der Waals surface area contributed by atoms with Crippen molar-refractivity contribution in [2.45, 2.75) is 13.5 Å². The first-order valence-electron chi connectivity index (χ1n) is 8.57. The summed E-state index contributed by atoms with van der Waals surface area (Å²) in [6.45, 7) is 2.43. The number of fused-ring (bicyclic) bond motifs is 1. The fourth-order valence-corrected chi connectivity index (χ4v) is 2.97. The smallest absolute Gasteiger partial charge is 0.316 e. The summed E-state index contributed by atoms with van der Waals surface area (Å²) >= 11 is 0. The maximum absolute atomic E-state index is 12.9. The fourth-order valence-electron chi connectivity index (χ4n) is 2.97. The van der Waals surface area contributed by atoms with Crippen molar-refractivity contribution in [3.8, 4) is 17.3 Å². The van der Waals surface area contributed by atoms with Crippen LogP contribution in [0, 0.1) is 6.92 Å². The van der Waals surface area contributed by atoms with E-state index in [9.17, 15) is 4.79 Å². The van der Waals surface area contributed by atoms with Crippen molar-refractivity contribution in [3.05, 3.63) is 82.4 Å². The number of hydrogen-bond acceptors (Lipinski definition) is 5. The van der Waals surface area contributed by atoms with E-state index in [1.807, 2.05) is 55.5 Å². The highest BCUT2D eigenvalue weighted by Crippen LogP contribution is 2.24. The van der Waals surface area contributed by atoms with Gasteiger partial charge in [0.25, 0.3) is 5.56 Å². The molecule has 2 heterocycles. The number of nitrogens with zero attached hydrogens (tertiary/aromatic N) is 4. The molecule has 134 valence electrons. The normalized spacial score (nSPS) is 10.9. The summed E-state index contributed by atoms with van der Waals surface area (Å²) in [5, 5.41) is 6.02. The fraction of sp³-hybridized carbons (Fsp3) is 0.143. The SMILES string of the molecule is COc1ncc(-c2nn(Cc3ccc(C)cc3)c(=O)c3ccccc23)cn1. The van der Waals surface area contributed by atoms with Gasteiger partial charge in [0.2, 0.25) is 0 Å². The minimum absolute atomic E-state index is 0.121. The lowest BCUT2D eigenvalue weighted by Gasteiger charge is -2.11. The molecule has 6 heteroatoms. The first-order valence-corrected chi connectivity index (χ1v) is 8.57. The molecule has 0 amide bonds. The van der Waals surface area contributed by atoms with Crippen LogP contribution in [0.5, 0.6) is 6.01 Å². The van der Waals surface area contributed by atoms with Gasteiger partial charge in [0.05, 0.1) is 19.0 Å². The molecule has 0 atom stereocenters. The molecule has 0 fully saturated rings. The summed E-state index contributed by atoms with van der Waals surface area (Å²) < 4.78 is 6.52. The standard InChI is InChI=1S/C21H18N4O2/c1-14-7-9-15(10-8-14)13-25-20(26)18-6-4-3-5-17(18)19(24-25)16-11-22-21(27-2)23-12-16/h3-12H,13H2,1-2H3. The predicted molar refractivity (Wildman–Crippen MR) is 104 cm³/mol. The lowest BCUT2D eigenvalue weighted by atomic mass is 10.1. The second-order valence-electron chi connectivity index (χ2n) is 6.30. The van der Waals surface area contributed by atoms with Crippen LogP contribution in [0.3, 0.4) is 0 Å². The molecule has 0 bridgehead atoms. The van der Waals surface area contributed by atoms with E-state index in [0.717, 1.165) is 16.5 Å². The molecule has 2 aromatic carbocycles. The van der Waals surface area contributed by atoms with Crippen LogP contribution in [0.2, 0.25) is 0 Å². The Morgan fingerprint density at radius 1 is 0.963 bits per heavy atom. The van der Waals surface area contributed by atoms with Crippen LogP contribution in [0.25, 0.3) is 22.0 Å². The number of ether oxygens (including phenoxy) is 1. The molecule has 0 aliphatic carbocycles. The Morgan fingerprint density at radius 3 is 2.30 bits per heavy atom. The summed E-state index contributed by atoms with van der Waals surface area (Å²) in [5.41, 5.74) is 3.46. The predicted octanol–water partition coefficient (Wildman–Crippen LogP) is 3.22. The average Bonchev–Trinajstić information content (AvgIpc) is 2.72. The van der Waals surface area contributed by atoms with Crippen molar-refractivity contribution in [2.75, 3.05) is 7.11 Å². The van der Waals surface area contributed by atoms with E-state index in [2.05, 4.69) is 15.1 Å². The van der Waals surface area contributed by atoms with E-state index in [0.29, 0.717) is 17.6 Å². The summed E-state index contributed by atoms with van der Waals surface area (Å²) in [5.74, 6) is 0. The zero-order valence-electron chi connectivity index (χ0n) is 15.1. The maximum atomic E-state index is 12.9. The Labute approximate surface area is 156 Å². The minimum atomic E-state index is -0.121. The Balaban J connectivity index is 1.88. The van der Waals surface area contributed by atoms with Crippen molar-refractivity contribution in [2.24, 2.45) is 0 Å². The van der Waals surface area contributed by atoms with Crippen molar-refractivity contribution in [3.63, 3.8) is 0 Å². The lowest BCUT2D eigenvalue weighted by Crippen LogP contribution is -2.24. The van der Waals surface area contributed by atoms with Crippen molar-refractivity contribution in [1.29, 1.82) is 0 Å². The van der Waals surface area contributed by atoms with Crippen molar-refractivity contribution >= 4 is 10.8 Å². The number of aryl methyl sites for hydroxylation is 1. The summed E-state index contributed by atoms with van der Waals surface area (Å²) in [6.07, 6.45) is 3.31. The highest BCUT2D eigenvalue weighted by atomic mass is 16.5. The van der Waals surface area contributed by atoms with Crippen LogP contribution in [-0.2, 0) is 6.54 Å². The molecule has 6 nitrogen and oxygen atoms in total. The van der Waals surface area contributed by atoms with Gasteiger partial charge in [-0.15, -0.1) is 0 Å². The molecule has 0 unspecified atom stereocenters. The first-order chi connectivity index (χ1) is 13.2. The molecule has 0 aliphatic heterocycles. The Bertz CT molecular complexity index is 1150. The highest BCUT2D eigenvalue weighted by molar-refractivity contribution is 5.93. The van der Waals surface area contributed by atoms with E-state index in [1.165, 1.54) is 17.4 Å². The molecule has 4 rings (SSSR count). The quantitative estimate of drug-likeness (QED) is 0.560. The highest BCUT2D eigenvalue weighted by Gasteiger charge is 2.13. The van der Waals surface area contributed by atoms with Crippen LogP contribution >= 0.6 is 0 Å². The molecule has 27 heavy (non-hydrogen) atoms. The van der Waals surface area contributed by atoms with E-state index in [-0.39, 0.29) is 11.6 Å². The van der Waals surface area contributed by atoms with E-state index in [1.54, 1.807) is 12.4 Å². The van der Waals surface area contributed by atoms with Gasteiger partial charge >= 0.3 is 6.01 Å². The van der Waals surface area contributed by atoms with E-state index in [4.69, 9.17) is 4.74 Å². The minimum Gasteiger partial charge on any atom is -0.467 e. The molecular formula is C21H18N4O2. The summed E-state index contributed by atoms with van der Waals surface area (Å²) in [6, 6.07) is 15.8. The van der Waals surface area contributed by atoms with Gasteiger partial charge in [-0.3, -0.25) is 4.79 Å². The third kappa shape index (κ3) is 3.29. The molecule has 0 radical (unpaired) electrons. The molecule has 0 saturated carbocycles. The van der Waals surface area contributed by atoms with Crippen LogP contribution in [0.15, 0.2) is 65.7 Å². The van der Waals surface area contributed by atoms with Gasteiger partial charge in [0.1, 0.15) is 5.69 Å². The first kappa shape index (κ1) is 16.9. The van der Waals surface area contributed by atoms with Gasteiger partial charge in [-0.1, -0.05) is 48.0 Å². The monoisotopic (exact) mass is 358 g/mol. The van der Waals surface area contributed by atoms with Gasteiger partial charge in [-0.25, -0.2) is 14.6 Å². The van der Waals surface area contributed by atoms with E-state index < -0.39 is 0 Å². The zero-order chi connectivity index (χ0) is 18.8. The average molecular weight is 358 g/mol. The number of methoxy groups -OCH3 is 1. The van der Waals surface area contributed by atoms with Crippen molar-refractivity contribution < 1.29 is 4.74 Å². The molecule has 4 aromatic rings. The largest absolute Gasteiger partial charge is 0.467 e. The van der Waals surface area contributed by atoms with Crippen LogP contribution in [0.4, 0.5) is 0 Å². The maximum Gasteiger partial charge on any atom is 0.316 e. The second kappa shape index (κ2) is 6.99. The molecule has 0 spiro atoms. The number of hydrogen-bond donors (Lipinski definition) is 0. The summed E-state index contributed by atoms with van der Waals surface area (Å²) in [7, 11) is 1.52.